The summed E-state index contributed by atoms with van der Waals surface area (Å²) in [5.41, 5.74) is -4.85. The quantitative estimate of drug-likeness (QED) is 0.586. The Bertz CT molecular complexity index is 1270. The standard InChI is InChI=1S/C22H23F3N2O6S/c1-13-17-11-26(20(28)9-16(17)18(12-33-13)21(29)32-2)8-7-14-10-27(34(30,31)22(23,24)25)19-6-4-3-5-15(14)19/h3-6,10,12-13,16-17H,7-9,11H2,1-2H3/t13-,16-,17+/m0/s1. The van der Waals surface area contributed by atoms with Gasteiger partial charge < -0.3 is 14.4 Å². The number of alkyl halides is 3. The molecule has 8 nitrogen and oxygen atoms in total. The number of carbonyl (C=O) groups is 2. The van der Waals surface area contributed by atoms with Gasteiger partial charge in [-0.25, -0.2) is 8.77 Å². The molecule has 2 aliphatic rings. The largest absolute Gasteiger partial charge is 0.517 e. The van der Waals surface area contributed by atoms with E-state index in [9.17, 15) is 31.2 Å². The van der Waals surface area contributed by atoms with E-state index in [4.69, 9.17) is 9.47 Å². The van der Waals surface area contributed by atoms with Crippen molar-refractivity contribution in [2.24, 2.45) is 11.8 Å². The second kappa shape index (κ2) is 8.64. The molecule has 0 bridgehead atoms. The van der Waals surface area contributed by atoms with Crippen LogP contribution in [0.5, 0.6) is 0 Å². The molecule has 184 valence electrons. The van der Waals surface area contributed by atoms with Crippen molar-refractivity contribution in [3.63, 3.8) is 0 Å². The fourth-order valence-corrected chi connectivity index (χ4v) is 5.56. The molecule has 1 aromatic heterocycles. The summed E-state index contributed by atoms with van der Waals surface area (Å²) in [6, 6.07) is 5.92. The first-order valence-electron chi connectivity index (χ1n) is 10.6. The minimum Gasteiger partial charge on any atom is -0.497 e. The Balaban J connectivity index is 1.57. The molecule has 0 radical (unpaired) electrons. The van der Waals surface area contributed by atoms with Crippen molar-refractivity contribution >= 4 is 32.8 Å². The lowest BCUT2D eigenvalue weighted by molar-refractivity contribution is -0.143. The number of hydrogen-bond acceptors (Lipinski definition) is 6. The molecule has 0 aliphatic carbocycles. The number of ether oxygens (including phenoxy) is 2. The fourth-order valence-electron chi connectivity index (χ4n) is 4.65. The molecule has 12 heteroatoms. The second-order valence-corrected chi connectivity index (χ2v) is 10.2. The number of esters is 1. The number of fused-ring (bicyclic) bond motifs is 2. The molecule has 1 amide bonds. The molecule has 34 heavy (non-hydrogen) atoms. The van der Waals surface area contributed by atoms with E-state index in [1.807, 2.05) is 6.92 Å². The number of benzene rings is 1. The number of halogens is 3. The van der Waals surface area contributed by atoms with Crippen LogP contribution in [0.25, 0.3) is 10.9 Å². The molecule has 4 rings (SSSR count). The number of amides is 1. The highest BCUT2D eigenvalue weighted by molar-refractivity contribution is 7.90. The van der Waals surface area contributed by atoms with Crippen LogP contribution in [0, 0.1) is 11.8 Å². The molecule has 2 aromatic rings. The molecule has 2 aliphatic heterocycles. The van der Waals surface area contributed by atoms with Crippen molar-refractivity contribution < 1.29 is 40.7 Å². The lowest BCUT2D eigenvalue weighted by Crippen LogP contribution is -2.51. The Morgan fingerprint density at radius 3 is 2.65 bits per heavy atom. The van der Waals surface area contributed by atoms with E-state index in [2.05, 4.69) is 0 Å². The third kappa shape index (κ3) is 4.04. The Hall–Kier alpha value is -3.02. The molecule has 1 aromatic carbocycles. The van der Waals surface area contributed by atoms with Crippen molar-refractivity contribution in [3.8, 4) is 0 Å². The maximum Gasteiger partial charge on any atom is 0.517 e. The molecule has 1 fully saturated rings. The number of carbonyl (C=O) groups excluding carboxylic acids is 2. The Labute approximate surface area is 194 Å². The molecule has 0 spiro atoms. The van der Waals surface area contributed by atoms with E-state index >= 15 is 0 Å². The average Bonchev–Trinajstić information content (AvgIpc) is 3.16. The summed E-state index contributed by atoms with van der Waals surface area (Å²) in [6.07, 6.45) is 2.28. The van der Waals surface area contributed by atoms with Crippen molar-refractivity contribution in [2.45, 2.75) is 31.4 Å². The Kier molecular flexibility index (Phi) is 6.13. The number of piperidine rings is 1. The van der Waals surface area contributed by atoms with Gasteiger partial charge in [0.15, 0.2) is 0 Å². The van der Waals surface area contributed by atoms with Gasteiger partial charge in [0.05, 0.1) is 24.5 Å². The van der Waals surface area contributed by atoms with Gasteiger partial charge in [0.2, 0.25) is 5.91 Å². The van der Waals surface area contributed by atoms with E-state index in [-0.39, 0.29) is 52.7 Å². The number of nitrogens with zero attached hydrogens (tertiary/aromatic N) is 2. The number of likely N-dealkylation sites (tertiary alicyclic amines) is 1. The summed E-state index contributed by atoms with van der Waals surface area (Å²) in [6.45, 7) is 2.30. The van der Waals surface area contributed by atoms with Crippen molar-refractivity contribution in [3.05, 3.63) is 47.9 Å². The smallest absolute Gasteiger partial charge is 0.497 e. The van der Waals surface area contributed by atoms with Crippen molar-refractivity contribution in [1.29, 1.82) is 0 Å². The molecule has 0 unspecified atom stereocenters. The van der Waals surface area contributed by atoms with Gasteiger partial charge in [-0.1, -0.05) is 18.2 Å². The first-order valence-corrected chi connectivity index (χ1v) is 12.0. The summed E-state index contributed by atoms with van der Waals surface area (Å²) in [5.74, 6) is -1.28. The molecule has 0 saturated carbocycles. The van der Waals surface area contributed by atoms with E-state index in [1.54, 1.807) is 17.0 Å². The van der Waals surface area contributed by atoms with Gasteiger partial charge in [0, 0.05) is 42.9 Å². The topological polar surface area (TPSA) is 94.9 Å². The van der Waals surface area contributed by atoms with Crippen LogP contribution >= 0.6 is 0 Å². The second-order valence-electron chi connectivity index (χ2n) is 8.39. The first kappa shape index (κ1) is 24.1. The maximum absolute atomic E-state index is 13.2. The third-order valence-corrected chi connectivity index (χ3v) is 7.90. The van der Waals surface area contributed by atoms with E-state index in [1.165, 1.54) is 25.5 Å². The summed E-state index contributed by atoms with van der Waals surface area (Å²) in [5, 5.41) is 0.364. The summed E-state index contributed by atoms with van der Waals surface area (Å²) < 4.78 is 74.3. The minimum atomic E-state index is -5.61. The summed E-state index contributed by atoms with van der Waals surface area (Å²) >= 11 is 0. The van der Waals surface area contributed by atoms with E-state index in [0.717, 1.165) is 6.20 Å². The molecule has 3 heterocycles. The summed E-state index contributed by atoms with van der Waals surface area (Å²) in [4.78, 5) is 26.5. The van der Waals surface area contributed by atoms with Crippen molar-refractivity contribution in [2.75, 3.05) is 20.2 Å². The van der Waals surface area contributed by atoms with Crippen LogP contribution in [-0.4, -0.2) is 61.0 Å². The van der Waals surface area contributed by atoms with Gasteiger partial charge >= 0.3 is 21.5 Å². The predicted molar refractivity (Wildman–Crippen MR) is 115 cm³/mol. The maximum atomic E-state index is 13.2. The normalized spacial score (nSPS) is 23.3. The lowest BCUT2D eigenvalue weighted by Gasteiger charge is -2.43. The van der Waals surface area contributed by atoms with Gasteiger partial charge in [0.1, 0.15) is 6.10 Å². The zero-order valence-electron chi connectivity index (χ0n) is 18.4. The molecule has 3 atom stereocenters. The van der Waals surface area contributed by atoms with Crippen LogP contribution in [0.1, 0.15) is 18.9 Å². The molecular weight excluding hydrogens is 477 g/mol. The van der Waals surface area contributed by atoms with Gasteiger partial charge in [0.25, 0.3) is 0 Å². The zero-order chi connectivity index (χ0) is 24.8. The highest BCUT2D eigenvalue weighted by atomic mass is 32.2. The van der Waals surface area contributed by atoms with E-state index in [0.29, 0.717) is 23.1 Å². The minimum absolute atomic E-state index is 0.0729. The molecule has 1 saturated heterocycles. The average molecular weight is 500 g/mol. The monoisotopic (exact) mass is 500 g/mol. The summed E-state index contributed by atoms with van der Waals surface area (Å²) in [7, 11) is -4.35. The van der Waals surface area contributed by atoms with Gasteiger partial charge in [-0.15, -0.1) is 0 Å². The van der Waals surface area contributed by atoms with Gasteiger partial charge in [-0.05, 0) is 25.0 Å². The zero-order valence-corrected chi connectivity index (χ0v) is 19.2. The highest BCUT2D eigenvalue weighted by Crippen LogP contribution is 2.38. The van der Waals surface area contributed by atoms with E-state index < -0.39 is 21.5 Å². The first-order chi connectivity index (χ1) is 16.0. The fraction of sp³-hybridized carbons (Fsp3) is 0.455. The predicted octanol–water partition coefficient (Wildman–Crippen LogP) is 2.82. The van der Waals surface area contributed by atoms with Crippen LogP contribution in [-0.2, 0) is 35.5 Å². The van der Waals surface area contributed by atoms with Crippen LogP contribution in [0.15, 0.2) is 42.3 Å². The van der Waals surface area contributed by atoms with Crippen LogP contribution in [0.2, 0.25) is 0 Å². The lowest BCUT2D eigenvalue weighted by atomic mass is 9.76. The molecule has 0 N–H and O–H groups in total. The number of para-hydroxylation sites is 1. The number of rotatable bonds is 5. The highest BCUT2D eigenvalue weighted by Gasteiger charge is 2.48. The molecular formula is C22H23F3N2O6S. The van der Waals surface area contributed by atoms with Crippen LogP contribution in [0.3, 0.4) is 0 Å². The van der Waals surface area contributed by atoms with Crippen LogP contribution in [0.4, 0.5) is 13.2 Å². The Morgan fingerprint density at radius 1 is 1.26 bits per heavy atom. The van der Waals surface area contributed by atoms with Crippen LogP contribution < -0.4 is 0 Å². The SMILES string of the molecule is COC(=O)C1=CO[C@@H](C)[C@H]2CN(CCc3cn(S(=O)(=O)C(F)(F)F)c4ccccc34)C(=O)C[C@H]12. The van der Waals surface area contributed by atoms with Crippen molar-refractivity contribution in [1.82, 2.24) is 8.87 Å². The third-order valence-electron chi connectivity index (χ3n) is 6.49. The van der Waals surface area contributed by atoms with Gasteiger partial charge in [-0.2, -0.15) is 21.6 Å². The number of hydrogen-bond donors (Lipinski definition) is 0. The Morgan fingerprint density at radius 2 is 1.97 bits per heavy atom. The number of methoxy groups -OCH3 is 1. The van der Waals surface area contributed by atoms with Gasteiger partial charge in [-0.3, -0.25) is 4.79 Å². The number of aromatic nitrogens is 1.